The maximum atomic E-state index is 11.3. The predicted octanol–water partition coefficient (Wildman–Crippen LogP) is -1.85. The van der Waals surface area contributed by atoms with Gasteiger partial charge in [-0.15, -0.1) is 0 Å². The molecule has 0 fully saturated rings. The number of rotatable bonds is 9. The first-order chi connectivity index (χ1) is 7.61. The molecule has 93 valence electrons. The molecule has 0 aliphatic carbocycles. The number of unbranched alkanes of at least 4 members (excludes halogenated alkanes) is 1. The van der Waals surface area contributed by atoms with E-state index in [-0.39, 0.29) is 12.3 Å². The van der Waals surface area contributed by atoms with Crippen molar-refractivity contribution in [1.29, 1.82) is 0 Å². The fourth-order valence-electron chi connectivity index (χ4n) is 1.12. The third kappa shape index (κ3) is 7.64. The Bertz CT molecular complexity index is 226. The third-order valence-electron chi connectivity index (χ3n) is 2.10. The summed E-state index contributed by atoms with van der Waals surface area (Å²) >= 11 is 2.51. The van der Waals surface area contributed by atoms with Gasteiger partial charge in [-0.25, -0.2) is 0 Å². The fraction of sp³-hybridized carbons (Fsp3) is 0.778. The number of nitrogens with two attached hydrogens (primary N) is 2. The van der Waals surface area contributed by atoms with Crippen molar-refractivity contribution in [2.45, 2.75) is 31.7 Å². The number of carbonyl (C=O) groups excluding carboxylic acids is 2. The molecule has 7 heteroatoms. The Hall–Kier alpha value is -0.621. The van der Waals surface area contributed by atoms with Gasteiger partial charge in [0.25, 0.3) is 0 Å². The van der Waals surface area contributed by atoms with Gasteiger partial charge in [0.15, 0.2) is 0 Å². The van der Waals surface area contributed by atoms with Crippen LogP contribution in [0.4, 0.5) is 0 Å². The number of hydrogen-bond donors (Lipinski definition) is 4. The topological polar surface area (TPSA) is 110 Å². The molecule has 1 atom stereocenters. The van der Waals surface area contributed by atoms with Crippen molar-refractivity contribution in [2.75, 3.05) is 13.1 Å². The Kier molecular flexibility index (Phi) is 9.22. The van der Waals surface area contributed by atoms with E-state index in [2.05, 4.69) is 25.9 Å². The van der Waals surface area contributed by atoms with Gasteiger partial charge >= 0.3 is 104 Å². The first kappa shape index (κ1) is 15.4. The van der Waals surface area contributed by atoms with Crippen molar-refractivity contribution in [3.8, 4) is 0 Å². The quantitative estimate of drug-likeness (QED) is 0.295. The Morgan fingerprint density at radius 2 is 2.00 bits per heavy atom. The van der Waals surface area contributed by atoms with E-state index < -0.39 is 11.9 Å². The standard InChI is InChI=1S/C9H19N4O2Se/c10-5-1-2-6-12-8(14)4-3-7(13-16)9(11)15/h7,13H,1-6,10H2,(H2,11,15)(H,12,14). The summed E-state index contributed by atoms with van der Waals surface area (Å²) in [6.45, 7) is 1.26. The SMILES string of the molecule is NCCCCNC(=O)CCC(N[Se])C(N)=O. The molecule has 0 spiro atoms. The minimum atomic E-state index is -0.491. The van der Waals surface area contributed by atoms with Crippen molar-refractivity contribution < 1.29 is 9.59 Å². The molecule has 6 N–H and O–H groups in total. The summed E-state index contributed by atoms with van der Waals surface area (Å²) in [4.78, 5) is 22.2. The second-order valence-electron chi connectivity index (χ2n) is 3.46. The number of hydrogen-bond acceptors (Lipinski definition) is 4. The molecular weight excluding hydrogens is 275 g/mol. The van der Waals surface area contributed by atoms with E-state index in [4.69, 9.17) is 11.5 Å². The first-order valence-electron chi connectivity index (χ1n) is 5.25. The zero-order valence-electron chi connectivity index (χ0n) is 9.20. The second-order valence-corrected chi connectivity index (χ2v) is 3.95. The molecule has 0 aliphatic rings. The molecule has 0 bridgehead atoms. The normalized spacial score (nSPS) is 12.1. The molecule has 2 amide bonds. The van der Waals surface area contributed by atoms with E-state index in [1.807, 2.05) is 0 Å². The van der Waals surface area contributed by atoms with E-state index in [1.54, 1.807) is 0 Å². The maximum absolute atomic E-state index is 11.3. The molecule has 0 aliphatic heterocycles. The Labute approximate surface area is 104 Å². The molecular formula is C9H19N4O2Se. The molecule has 0 rings (SSSR count). The van der Waals surface area contributed by atoms with Crippen LogP contribution in [0.3, 0.4) is 0 Å². The van der Waals surface area contributed by atoms with Gasteiger partial charge in [-0.3, -0.25) is 0 Å². The van der Waals surface area contributed by atoms with Gasteiger partial charge in [0.05, 0.1) is 0 Å². The van der Waals surface area contributed by atoms with E-state index >= 15 is 0 Å². The molecule has 16 heavy (non-hydrogen) atoms. The molecule has 0 saturated heterocycles. The van der Waals surface area contributed by atoms with Gasteiger partial charge in [0, 0.05) is 0 Å². The van der Waals surface area contributed by atoms with Crippen LogP contribution in [0.5, 0.6) is 0 Å². The van der Waals surface area contributed by atoms with Crippen LogP contribution in [0.25, 0.3) is 0 Å². The molecule has 6 nitrogen and oxygen atoms in total. The predicted molar refractivity (Wildman–Crippen MR) is 62.4 cm³/mol. The summed E-state index contributed by atoms with van der Waals surface area (Å²) in [5.41, 5.74) is 10.4. The number of amides is 2. The van der Waals surface area contributed by atoms with E-state index in [1.165, 1.54) is 0 Å². The van der Waals surface area contributed by atoms with Crippen LogP contribution < -0.4 is 21.1 Å². The fourth-order valence-corrected chi connectivity index (χ4v) is 1.61. The van der Waals surface area contributed by atoms with Crippen molar-refractivity contribution in [2.24, 2.45) is 11.5 Å². The molecule has 1 unspecified atom stereocenters. The van der Waals surface area contributed by atoms with Crippen LogP contribution in [-0.4, -0.2) is 47.2 Å². The van der Waals surface area contributed by atoms with Gasteiger partial charge in [-0.1, -0.05) is 0 Å². The number of nitrogens with one attached hydrogen (secondary N) is 2. The number of primary amides is 1. The molecule has 1 radical (unpaired) electrons. The van der Waals surface area contributed by atoms with E-state index in [0.29, 0.717) is 19.5 Å². The summed E-state index contributed by atoms with van der Waals surface area (Å²) in [5.74, 6) is -0.534. The summed E-state index contributed by atoms with van der Waals surface area (Å²) < 4.78 is 2.64. The zero-order valence-corrected chi connectivity index (χ0v) is 10.9. The summed E-state index contributed by atoms with van der Waals surface area (Å²) in [6.07, 6.45) is 2.45. The van der Waals surface area contributed by atoms with Gasteiger partial charge in [-0.2, -0.15) is 0 Å². The summed E-state index contributed by atoms with van der Waals surface area (Å²) in [7, 11) is 0. The minimum absolute atomic E-state index is 0.0708. The van der Waals surface area contributed by atoms with Crippen LogP contribution in [-0.2, 0) is 9.59 Å². The Balaban J connectivity index is 3.59. The molecule has 0 aromatic heterocycles. The van der Waals surface area contributed by atoms with E-state index in [9.17, 15) is 9.59 Å². The van der Waals surface area contributed by atoms with Gasteiger partial charge in [-0.05, 0) is 0 Å². The van der Waals surface area contributed by atoms with Crippen molar-refractivity contribution in [1.82, 2.24) is 9.65 Å². The van der Waals surface area contributed by atoms with Crippen LogP contribution in [0.1, 0.15) is 25.7 Å². The average Bonchev–Trinajstić information content (AvgIpc) is 2.25. The van der Waals surface area contributed by atoms with E-state index in [0.717, 1.165) is 12.8 Å². The van der Waals surface area contributed by atoms with Crippen molar-refractivity contribution >= 4 is 28.0 Å². The monoisotopic (exact) mass is 295 g/mol. The van der Waals surface area contributed by atoms with Crippen LogP contribution >= 0.6 is 0 Å². The van der Waals surface area contributed by atoms with Gasteiger partial charge in [0.1, 0.15) is 0 Å². The first-order valence-corrected chi connectivity index (χ1v) is 6.11. The summed E-state index contributed by atoms with van der Waals surface area (Å²) in [6, 6.07) is -0.491. The Morgan fingerprint density at radius 1 is 1.31 bits per heavy atom. The van der Waals surface area contributed by atoms with Crippen LogP contribution in [0.2, 0.25) is 0 Å². The van der Waals surface area contributed by atoms with Crippen molar-refractivity contribution in [3.63, 3.8) is 0 Å². The van der Waals surface area contributed by atoms with Crippen LogP contribution in [0, 0.1) is 0 Å². The van der Waals surface area contributed by atoms with Crippen LogP contribution in [0.15, 0.2) is 0 Å². The van der Waals surface area contributed by atoms with Gasteiger partial charge in [0.2, 0.25) is 0 Å². The molecule has 0 saturated carbocycles. The third-order valence-corrected chi connectivity index (χ3v) is 2.70. The second kappa shape index (κ2) is 9.59. The van der Waals surface area contributed by atoms with Crippen molar-refractivity contribution in [3.05, 3.63) is 0 Å². The molecule has 0 aromatic rings. The molecule has 0 heterocycles. The van der Waals surface area contributed by atoms with Gasteiger partial charge < -0.3 is 0 Å². The number of carbonyl (C=O) groups is 2. The summed E-state index contributed by atoms with van der Waals surface area (Å²) in [5, 5.41) is 2.75. The Morgan fingerprint density at radius 3 is 2.50 bits per heavy atom. The zero-order chi connectivity index (χ0) is 12.4. The average molecular weight is 294 g/mol. The molecule has 0 aromatic carbocycles.